The van der Waals surface area contributed by atoms with Gasteiger partial charge in [0, 0.05) is 34.5 Å². The number of hydrogen-bond donors (Lipinski definition) is 1. The number of aromatic nitrogens is 1. The Kier molecular flexibility index (Phi) is 4.42. The molecule has 0 amide bonds. The number of nitrogens with zero attached hydrogens (tertiary/aromatic N) is 1. The summed E-state index contributed by atoms with van der Waals surface area (Å²) in [7, 11) is 0. The third kappa shape index (κ3) is 3.13. The Morgan fingerprint density at radius 2 is 2.00 bits per heavy atom. The zero-order chi connectivity index (χ0) is 13.0. The average molecular weight is 310 g/mol. The van der Waals surface area contributed by atoms with E-state index in [2.05, 4.69) is 38.8 Å². The van der Waals surface area contributed by atoms with Crippen LogP contribution in [0.3, 0.4) is 0 Å². The fourth-order valence-corrected chi connectivity index (χ4v) is 2.70. The van der Waals surface area contributed by atoms with Gasteiger partial charge >= 0.3 is 5.97 Å². The van der Waals surface area contributed by atoms with Crippen LogP contribution in [0.25, 0.3) is 10.9 Å². The standard InChI is InChI=1S/C14H16BrNO2/c15-12-10-16(9-5-1-2-8-14(17)18)13-7-4-3-6-11(12)13/h3-4,6-7,10H,1-2,5,8-9H2,(H,17,18). The molecule has 0 radical (unpaired) electrons. The van der Waals surface area contributed by atoms with Crippen LogP contribution in [0.15, 0.2) is 34.9 Å². The summed E-state index contributed by atoms with van der Waals surface area (Å²) in [5.41, 5.74) is 1.22. The zero-order valence-electron chi connectivity index (χ0n) is 10.1. The molecule has 18 heavy (non-hydrogen) atoms. The average Bonchev–Trinajstić information content (AvgIpc) is 2.66. The predicted octanol–water partition coefficient (Wildman–Crippen LogP) is 4.05. The fraction of sp³-hybridized carbons (Fsp3) is 0.357. The molecule has 0 saturated heterocycles. The van der Waals surface area contributed by atoms with Gasteiger partial charge < -0.3 is 9.67 Å². The van der Waals surface area contributed by atoms with Gasteiger partial charge in [-0.2, -0.15) is 0 Å². The highest BCUT2D eigenvalue weighted by Crippen LogP contribution is 2.26. The minimum absolute atomic E-state index is 0.274. The number of rotatable bonds is 6. The molecule has 0 spiro atoms. The third-order valence-electron chi connectivity index (χ3n) is 3.03. The summed E-state index contributed by atoms with van der Waals surface area (Å²) in [5, 5.41) is 9.79. The molecule has 1 aromatic heterocycles. The molecule has 0 bridgehead atoms. The molecule has 1 aromatic carbocycles. The number of benzene rings is 1. The Bertz CT molecular complexity index is 548. The van der Waals surface area contributed by atoms with Crippen LogP contribution in [0.4, 0.5) is 0 Å². The molecule has 1 N–H and O–H groups in total. The zero-order valence-corrected chi connectivity index (χ0v) is 11.7. The number of unbranched alkanes of at least 4 members (excludes halogenated alkanes) is 2. The lowest BCUT2D eigenvalue weighted by Gasteiger charge is -2.04. The van der Waals surface area contributed by atoms with Crippen LogP contribution in [0.5, 0.6) is 0 Å². The predicted molar refractivity (Wildman–Crippen MR) is 75.7 cm³/mol. The van der Waals surface area contributed by atoms with Crippen molar-refractivity contribution in [2.75, 3.05) is 0 Å². The maximum Gasteiger partial charge on any atom is 0.303 e. The molecular weight excluding hydrogens is 294 g/mol. The topological polar surface area (TPSA) is 42.2 Å². The van der Waals surface area contributed by atoms with E-state index in [0.717, 1.165) is 30.3 Å². The number of carboxylic acid groups (broad SMARTS) is 1. The highest BCUT2D eigenvalue weighted by Gasteiger charge is 2.05. The number of fused-ring (bicyclic) bond motifs is 1. The second kappa shape index (κ2) is 6.05. The Morgan fingerprint density at radius 3 is 2.78 bits per heavy atom. The lowest BCUT2D eigenvalue weighted by atomic mass is 10.2. The summed E-state index contributed by atoms with van der Waals surface area (Å²) in [6.07, 6.45) is 5.10. The molecule has 0 aliphatic rings. The van der Waals surface area contributed by atoms with E-state index in [1.807, 2.05) is 12.1 Å². The molecular formula is C14H16BrNO2. The molecule has 0 atom stereocenters. The van der Waals surface area contributed by atoms with Gasteiger partial charge in [0.1, 0.15) is 0 Å². The molecule has 0 unspecified atom stereocenters. The van der Waals surface area contributed by atoms with Gasteiger partial charge in [-0.05, 0) is 34.8 Å². The van der Waals surface area contributed by atoms with Crippen LogP contribution in [-0.2, 0) is 11.3 Å². The fourth-order valence-electron chi connectivity index (χ4n) is 2.12. The number of halogens is 1. The third-order valence-corrected chi connectivity index (χ3v) is 3.66. The van der Waals surface area contributed by atoms with E-state index >= 15 is 0 Å². The van der Waals surface area contributed by atoms with Crippen LogP contribution < -0.4 is 0 Å². The van der Waals surface area contributed by atoms with E-state index in [9.17, 15) is 4.79 Å². The molecule has 0 aliphatic heterocycles. The molecule has 1 heterocycles. The Morgan fingerprint density at radius 1 is 1.22 bits per heavy atom. The normalized spacial score (nSPS) is 10.9. The van der Waals surface area contributed by atoms with E-state index in [1.165, 1.54) is 10.9 Å². The smallest absolute Gasteiger partial charge is 0.303 e. The number of aliphatic carboxylic acids is 1. The monoisotopic (exact) mass is 309 g/mol. The molecule has 2 aromatic rings. The van der Waals surface area contributed by atoms with Gasteiger partial charge in [0.15, 0.2) is 0 Å². The first-order valence-corrected chi connectivity index (χ1v) is 6.93. The van der Waals surface area contributed by atoms with E-state index in [4.69, 9.17) is 5.11 Å². The van der Waals surface area contributed by atoms with Crippen molar-refractivity contribution in [1.82, 2.24) is 4.57 Å². The van der Waals surface area contributed by atoms with Crippen molar-refractivity contribution in [1.29, 1.82) is 0 Å². The summed E-state index contributed by atoms with van der Waals surface area (Å²) in [6, 6.07) is 8.28. The van der Waals surface area contributed by atoms with Crippen molar-refractivity contribution in [3.05, 3.63) is 34.9 Å². The SMILES string of the molecule is O=C(O)CCCCCn1cc(Br)c2ccccc21. The summed E-state index contributed by atoms with van der Waals surface area (Å²) < 4.78 is 3.34. The largest absolute Gasteiger partial charge is 0.481 e. The lowest BCUT2D eigenvalue weighted by Crippen LogP contribution is -1.98. The second-order valence-electron chi connectivity index (χ2n) is 4.39. The van der Waals surface area contributed by atoms with Gasteiger partial charge in [0.25, 0.3) is 0 Å². The Labute approximate surface area is 115 Å². The molecule has 2 rings (SSSR count). The second-order valence-corrected chi connectivity index (χ2v) is 5.25. The van der Waals surface area contributed by atoms with Gasteiger partial charge in [-0.15, -0.1) is 0 Å². The van der Waals surface area contributed by atoms with Gasteiger partial charge in [0.05, 0.1) is 0 Å². The molecule has 0 aliphatic carbocycles. The van der Waals surface area contributed by atoms with Gasteiger partial charge in [-0.25, -0.2) is 0 Å². The first-order chi connectivity index (χ1) is 8.68. The summed E-state index contributed by atoms with van der Waals surface area (Å²) in [6.45, 7) is 0.936. The van der Waals surface area contributed by atoms with Crippen LogP contribution in [0.1, 0.15) is 25.7 Å². The summed E-state index contributed by atoms with van der Waals surface area (Å²) in [4.78, 5) is 10.4. The summed E-state index contributed by atoms with van der Waals surface area (Å²) >= 11 is 3.56. The summed E-state index contributed by atoms with van der Waals surface area (Å²) in [5.74, 6) is -0.704. The maximum atomic E-state index is 10.4. The van der Waals surface area contributed by atoms with Gasteiger partial charge in [-0.3, -0.25) is 4.79 Å². The Hall–Kier alpha value is -1.29. The van der Waals surface area contributed by atoms with Crippen molar-refractivity contribution in [3.8, 4) is 0 Å². The number of carboxylic acids is 1. The van der Waals surface area contributed by atoms with Crippen LogP contribution >= 0.6 is 15.9 Å². The van der Waals surface area contributed by atoms with E-state index in [1.54, 1.807) is 0 Å². The van der Waals surface area contributed by atoms with Crippen LogP contribution in [-0.4, -0.2) is 15.6 Å². The first kappa shape index (κ1) is 13.1. The molecule has 4 heteroatoms. The van der Waals surface area contributed by atoms with Gasteiger partial charge in [-0.1, -0.05) is 24.6 Å². The van der Waals surface area contributed by atoms with Crippen molar-refractivity contribution in [2.24, 2.45) is 0 Å². The minimum Gasteiger partial charge on any atom is -0.481 e. The number of carbonyl (C=O) groups is 1. The number of para-hydroxylation sites is 1. The van der Waals surface area contributed by atoms with Crippen LogP contribution in [0, 0.1) is 0 Å². The lowest BCUT2D eigenvalue weighted by molar-refractivity contribution is -0.137. The molecule has 3 nitrogen and oxygen atoms in total. The maximum absolute atomic E-state index is 10.4. The van der Waals surface area contributed by atoms with Crippen molar-refractivity contribution in [2.45, 2.75) is 32.2 Å². The van der Waals surface area contributed by atoms with Gasteiger partial charge in [0.2, 0.25) is 0 Å². The quantitative estimate of drug-likeness (QED) is 0.818. The highest BCUT2D eigenvalue weighted by molar-refractivity contribution is 9.10. The van der Waals surface area contributed by atoms with E-state index in [-0.39, 0.29) is 6.42 Å². The Balaban J connectivity index is 1.94. The van der Waals surface area contributed by atoms with Crippen molar-refractivity contribution in [3.63, 3.8) is 0 Å². The van der Waals surface area contributed by atoms with E-state index < -0.39 is 5.97 Å². The van der Waals surface area contributed by atoms with E-state index in [0.29, 0.717) is 0 Å². The van der Waals surface area contributed by atoms with Crippen LogP contribution in [0.2, 0.25) is 0 Å². The molecule has 0 saturated carbocycles. The van der Waals surface area contributed by atoms with Crippen molar-refractivity contribution >= 4 is 32.8 Å². The molecule has 0 fully saturated rings. The number of hydrogen-bond acceptors (Lipinski definition) is 1. The molecule has 96 valence electrons. The van der Waals surface area contributed by atoms with Crippen molar-refractivity contribution < 1.29 is 9.90 Å². The highest BCUT2D eigenvalue weighted by atomic mass is 79.9. The number of aryl methyl sites for hydroxylation is 1. The first-order valence-electron chi connectivity index (χ1n) is 6.13. The minimum atomic E-state index is -0.704.